The molecule has 0 bridgehead atoms. The summed E-state index contributed by atoms with van der Waals surface area (Å²) < 4.78 is 5.70. The molecule has 12 heteroatoms. The molecule has 1 unspecified atom stereocenters. The monoisotopic (exact) mass is 647 g/mol. The highest BCUT2D eigenvalue weighted by Crippen LogP contribution is 2.37. The minimum Gasteiger partial charge on any atom is -0.495 e. The summed E-state index contributed by atoms with van der Waals surface area (Å²) in [7, 11) is 5.35. The van der Waals surface area contributed by atoms with E-state index in [0.717, 1.165) is 44.6 Å². The molecule has 47 heavy (non-hydrogen) atoms. The van der Waals surface area contributed by atoms with Gasteiger partial charge in [-0.3, -0.25) is 19.5 Å². The van der Waals surface area contributed by atoms with Crippen molar-refractivity contribution < 1.29 is 14.3 Å². The van der Waals surface area contributed by atoms with E-state index in [9.17, 15) is 9.59 Å². The molecule has 1 aromatic carbocycles. The molecule has 4 aliphatic rings. The van der Waals surface area contributed by atoms with Gasteiger partial charge in [0.05, 0.1) is 19.0 Å². The Morgan fingerprint density at radius 2 is 1.81 bits per heavy atom. The lowest BCUT2D eigenvalue weighted by molar-refractivity contribution is -0.120. The predicted octanol–water partition coefficient (Wildman–Crippen LogP) is 4.12. The lowest BCUT2D eigenvalue weighted by atomic mass is 9.89. The number of carbonyl (C=O) groups is 2. The van der Waals surface area contributed by atoms with E-state index >= 15 is 0 Å². The molecule has 2 aliphatic carbocycles. The van der Waals surface area contributed by atoms with Crippen molar-refractivity contribution in [2.75, 3.05) is 75.7 Å². The molecule has 256 valence electrons. The minimum atomic E-state index is -0.346. The van der Waals surface area contributed by atoms with Crippen LogP contribution in [0.2, 0.25) is 0 Å². The van der Waals surface area contributed by atoms with Gasteiger partial charge in [0.25, 0.3) is 11.8 Å². The highest BCUT2D eigenvalue weighted by molar-refractivity contribution is 6.04. The first-order valence-corrected chi connectivity index (χ1v) is 17.7. The maximum Gasteiger partial charge on any atom is 0.251 e. The second kappa shape index (κ2) is 14.7. The van der Waals surface area contributed by atoms with Crippen molar-refractivity contribution in [3.05, 3.63) is 30.0 Å². The topological polar surface area (TPSA) is 109 Å². The van der Waals surface area contributed by atoms with Crippen LogP contribution in [0.25, 0.3) is 0 Å². The Bertz CT molecular complexity index is 1400. The van der Waals surface area contributed by atoms with E-state index in [0.29, 0.717) is 46.9 Å². The van der Waals surface area contributed by atoms with Crippen LogP contribution in [-0.2, 0) is 4.79 Å². The van der Waals surface area contributed by atoms with Gasteiger partial charge in [0.15, 0.2) is 5.82 Å². The van der Waals surface area contributed by atoms with Crippen LogP contribution < -0.4 is 25.3 Å². The van der Waals surface area contributed by atoms with Crippen molar-refractivity contribution in [2.24, 2.45) is 5.92 Å². The standard InChI is InChI=1S/C35H53N9O3/c1-6-16-40(3)44-29(7-2)34(46)41(4)30-22-36-35(39-32(30)44)38-28-15-10-25(21-31(28)47-5)33(45)37-26-11-13-27(14-12-26)43-19-17-42(18-20-43)23-24-8-9-24/h10,15,21-22,24,26-27,29H,6-9,11-14,16-20,23H2,1-5H3,(H,37,45)(H,36,38,39)/t26-,27-,29?. The van der Waals surface area contributed by atoms with Crippen molar-refractivity contribution in [3.8, 4) is 5.75 Å². The normalized spacial score (nSPS) is 24.0. The zero-order valence-corrected chi connectivity index (χ0v) is 28.9. The maximum absolute atomic E-state index is 13.3. The Balaban J connectivity index is 1.07. The van der Waals surface area contributed by atoms with E-state index in [1.165, 1.54) is 45.6 Å². The van der Waals surface area contributed by atoms with Gasteiger partial charge >= 0.3 is 0 Å². The predicted molar refractivity (Wildman–Crippen MR) is 185 cm³/mol. The fraction of sp³-hybridized carbons (Fsp3) is 0.657. The SMILES string of the molecule is CCCN(C)N1c2nc(Nc3ccc(C(=O)N[C@H]4CC[C@H](N5CCN(CC6CC6)CC5)CC4)cc3OC)ncc2N(C)C(=O)C1CC. The molecular formula is C35H53N9O3. The van der Waals surface area contributed by atoms with Crippen molar-refractivity contribution in [1.82, 2.24) is 30.1 Å². The molecule has 1 atom stereocenters. The fourth-order valence-corrected chi connectivity index (χ4v) is 7.49. The van der Waals surface area contributed by atoms with Crippen LogP contribution in [0.5, 0.6) is 5.75 Å². The second-order valence-corrected chi connectivity index (χ2v) is 13.7. The zero-order valence-electron chi connectivity index (χ0n) is 28.9. The molecule has 2 aliphatic heterocycles. The summed E-state index contributed by atoms with van der Waals surface area (Å²) in [5, 5.41) is 10.6. The zero-order chi connectivity index (χ0) is 33.1. The van der Waals surface area contributed by atoms with Crippen LogP contribution in [0.3, 0.4) is 0 Å². The first-order valence-electron chi connectivity index (χ1n) is 17.7. The van der Waals surface area contributed by atoms with Crippen LogP contribution in [-0.4, -0.2) is 115 Å². The summed E-state index contributed by atoms with van der Waals surface area (Å²) in [6, 6.07) is 5.89. The number of nitrogens with one attached hydrogen (secondary N) is 2. The van der Waals surface area contributed by atoms with E-state index in [2.05, 4.69) is 37.4 Å². The number of hydrogen-bond donors (Lipinski definition) is 2. The lowest BCUT2D eigenvalue weighted by Gasteiger charge is -2.44. The van der Waals surface area contributed by atoms with Gasteiger partial charge in [0.2, 0.25) is 5.95 Å². The van der Waals surface area contributed by atoms with Gasteiger partial charge < -0.3 is 25.2 Å². The summed E-state index contributed by atoms with van der Waals surface area (Å²) in [6.45, 7) is 11.0. The molecule has 0 radical (unpaired) electrons. The molecule has 6 rings (SSSR count). The van der Waals surface area contributed by atoms with Crippen LogP contribution in [0.4, 0.5) is 23.1 Å². The molecule has 1 saturated heterocycles. The Kier molecular flexibility index (Phi) is 10.5. The van der Waals surface area contributed by atoms with Crippen LogP contribution in [0.15, 0.2) is 24.4 Å². The summed E-state index contributed by atoms with van der Waals surface area (Å²) in [4.78, 5) is 42.9. The number of aromatic nitrogens is 2. The van der Waals surface area contributed by atoms with Gasteiger partial charge in [-0.2, -0.15) is 4.98 Å². The van der Waals surface area contributed by atoms with E-state index in [1.807, 2.05) is 31.1 Å². The van der Waals surface area contributed by atoms with E-state index in [1.54, 1.807) is 31.3 Å². The van der Waals surface area contributed by atoms with E-state index in [4.69, 9.17) is 9.72 Å². The van der Waals surface area contributed by atoms with Crippen LogP contribution in [0.1, 0.15) is 75.6 Å². The molecular weight excluding hydrogens is 594 g/mol. The van der Waals surface area contributed by atoms with E-state index < -0.39 is 0 Å². The number of hydrogen-bond acceptors (Lipinski definition) is 10. The first-order chi connectivity index (χ1) is 22.8. The van der Waals surface area contributed by atoms with Gasteiger partial charge in [0, 0.05) is 71.0 Å². The second-order valence-electron chi connectivity index (χ2n) is 13.7. The Morgan fingerprint density at radius 1 is 1.06 bits per heavy atom. The molecule has 1 aromatic heterocycles. The summed E-state index contributed by atoms with van der Waals surface area (Å²) in [5.74, 6) is 2.49. The summed E-state index contributed by atoms with van der Waals surface area (Å²) >= 11 is 0. The molecule has 3 heterocycles. The smallest absolute Gasteiger partial charge is 0.251 e. The first kappa shape index (κ1) is 33.4. The van der Waals surface area contributed by atoms with Gasteiger partial charge in [-0.05, 0) is 75.5 Å². The Morgan fingerprint density at radius 3 is 2.47 bits per heavy atom. The number of rotatable bonds is 12. The summed E-state index contributed by atoms with van der Waals surface area (Å²) in [5.41, 5.74) is 1.88. The number of nitrogens with zero attached hydrogens (tertiary/aromatic N) is 7. The summed E-state index contributed by atoms with van der Waals surface area (Å²) in [6.07, 6.45) is 10.4. The third-order valence-electron chi connectivity index (χ3n) is 10.4. The van der Waals surface area contributed by atoms with Crippen molar-refractivity contribution in [1.29, 1.82) is 0 Å². The molecule has 2 amide bonds. The number of anilines is 4. The lowest BCUT2D eigenvalue weighted by Crippen LogP contribution is -2.58. The van der Waals surface area contributed by atoms with Crippen molar-refractivity contribution in [3.63, 3.8) is 0 Å². The number of fused-ring (bicyclic) bond motifs is 1. The molecule has 2 saturated carbocycles. The van der Waals surface area contributed by atoms with Gasteiger partial charge in [0.1, 0.15) is 17.5 Å². The number of carbonyl (C=O) groups excluding carboxylic acids is 2. The number of methoxy groups -OCH3 is 1. The average Bonchev–Trinajstić information content (AvgIpc) is 3.91. The molecule has 12 nitrogen and oxygen atoms in total. The molecule has 0 spiro atoms. The Labute approximate surface area is 279 Å². The average molecular weight is 648 g/mol. The van der Waals surface area contributed by atoms with E-state index in [-0.39, 0.29) is 23.9 Å². The van der Waals surface area contributed by atoms with Crippen LogP contribution in [0, 0.1) is 5.92 Å². The third-order valence-corrected chi connectivity index (χ3v) is 10.4. The highest BCUT2D eigenvalue weighted by Gasteiger charge is 2.39. The highest BCUT2D eigenvalue weighted by atomic mass is 16.5. The number of piperazine rings is 1. The van der Waals surface area contributed by atoms with Gasteiger partial charge in [-0.1, -0.05) is 13.8 Å². The number of amides is 2. The van der Waals surface area contributed by atoms with Gasteiger partial charge in [-0.25, -0.2) is 9.99 Å². The van der Waals surface area contributed by atoms with Crippen molar-refractivity contribution in [2.45, 2.75) is 83.3 Å². The Hall–Kier alpha value is -3.48. The number of ether oxygens (including phenoxy) is 1. The largest absolute Gasteiger partial charge is 0.495 e. The maximum atomic E-state index is 13.3. The molecule has 2 aromatic rings. The number of benzene rings is 1. The van der Waals surface area contributed by atoms with Crippen molar-refractivity contribution >= 4 is 35.0 Å². The quantitative estimate of drug-likeness (QED) is 0.349. The third kappa shape index (κ3) is 7.49. The van der Waals surface area contributed by atoms with Crippen LogP contribution >= 0.6 is 0 Å². The molecule has 3 fully saturated rings. The fourth-order valence-electron chi connectivity index (χ4n) is 7.49. The van der Waals surface area contributed by atoms with Gasteiger partial charge in [-0.15, -0.1) is 0 Å². The number of likely N-dealkylation sites (N-methyl/N-ethyl adjacent to an activating group) is 1. The molecule has 2 N–H and O–H groups in total. The number of hydrazine groups is 1. The minimum absolute atomic E-state index is 0.0216.